The molecule has 2 heterocycles. The lowest BCUT2D eigenvalue weighted by molar-refractivity contribution is -0.131. The Morgan fingerprint density at radius 2 is 1.76 bits per heavy atom. The number of carbonyl (C=O) groups is 1. The van der Waals surface area contributed by atoms with E-state index in [1.165, 1.54) is 11.1 Å². The summed E-state index contributed by atoms with van der Waals surface area (Å²) in [5, 5.41) is 3.42. The van der Waals surface area contributed by atoms with E-state index in [1.54, 1.807) is 0 Å². The minimum Gasteiger partial charge on any atom is -0.384 e. The van der Waals surface area contributed by atoms with E-state index >= 15 is 0 Å². The second kappa shape index (κ2) is 8.01. The van der Waals surface area contributed by atoms with Gasteiger partial charge in [-0.2, -0.15) is 0 Å². The van der Waals surface area contributed by atoms with E-state index in [4.69, 9.17) is 0 Å². The molecule has 1 aromatic carbocycles. The highest BCUT2D eigenvalue weighted by Gasteiger charge is 2.21. The van der Waals surface area contributed by atoms with E-state index in [0.29, 0.717) is 13.0 Å². The van der Waals surface area contributed by atoms with Gasteiger partial charge in [0.2, 0.25) is 5.91 Å². The van der Waals surface area contributed by atoms with Gasteiger partial charge in [0.1, 0.15) is 5.82 Å². The number of carbonyl (C=O) groups excluding carboxylic acids is 1. The number of pyridine rings is 1. The number of para-hydroxylation sites is 1. The Morgan fingerprint density at radius 3 is 2.40 bits per heavy atom. The van der Waals surface area contributed by atoms with Crippen molar-refractivity contribution in [3.63, 3.8) is 0 Å². The molecule has 0 radical (unpaired) electrons. The number of piperazine rings is 1. The molecular formula is C20H26N4O. The van der Waals surface area contributed by atoms with Crippen molar-refractivity contribution in [2.45, 2.75) is 20.3 Å². The lowest BCUT2D eigenvalue weighted by Crippen LogP contribution is -2.49. The summed E-state index contributed by atoms with van der Waals surface area (Å²) in [6.45, 7) is 8.06. The predicted octanol–water partition coefficient (Wildman–Crippen LogP) is 2.85. The topological polar surface area (TPSA) is 48.5 Å². The van der Waals surface area contributed by atoms with Gasteiger partial charge >= 0.3 is 0 Å². The molecule has 0 atom stereocenters. The van der Waals surface area contributed by atoms with Crippen molar-refractivity contribution in [2.24, 2.45) is 0 Å². The number of aromatic nitrogens is 1. The highest BCUT2D eigenvalue weighted by atomic mass is 16.2. The molecule has 1 N–H and O–H groups in total. The summed E-state index contributed by atoms with van der Waals surface area (Å²) in [6.07, 6.45) is 2.34. The molecule has 1 amide bonds. The van der Waals surface area contributed by atoms with Gasteiger partial charge in [0.05, 0.1) is 0 Å². The molecule has 0 unspecified atom stereocenters. The Balaban J connectivity index is 1.45. The number of anilines is 2. The Kier molecular flexibility index (Phi) is 5.53. The van der Waals surface area contributed by atoms with Gasteiger partial charge in [0.15, 0.2) is 0 Å². The first-order valence-electron chi connectivity index (χ1n) is 8.89. The van der Waals surface area contributed by atoms with Crippen molar-refractivity contribution in [3.05, 3.63) is 53.7 Å². The lowest BCUT2D eigenvalue weighted by atomic mass is 10.1. The quantitative estimate of drug-likeness (QED) is 0.911. The minimum atomic E-state index is 0.222. The minimum absolute atomic E-state index is 0.222. The fraction of sp³-hybridized carbons (Fsp3) is 0.400. The molecule has 1 aliphatic heterocycles. The normalized spacial score (nSPS) is 14.5. The zero-order valence-electron chi connectivity index (χ0n) is 15.0. The molecular weight excluding hydrogens is 312 g/mol. The highest BCUT2D eigenvalue weighted by molar-refractivity contribution is 5.77. The molecule has 1 aliphatic rings. The Hall–Kier alpha value is -2.56. The van der Waals surface area contributed by atoms with E-state index in [-0.39, 0.29) is 5.91 Å². The average Bonchev–Trinajstić information content (AvgIpc) is 2.65. The van der Waals surface area contributed by atoms with Crippen molar-refractivity contribution >= 4 is 17.4 Å². The standard InChI is InChI=1S/C20H26N4O/c1-16-6-5-7-17(2)20(16)22-11-9-19(25)24-14-12-23(13-15-24)18-8-3-4-10-21-18/h3-8,10,22H,9,11-15H2,1-2H3. The molecule has 5 heteroatoms. The van der Waals surface area contributed by atoms with E-state index < -0.39 is 0 Å². The van der Waals surface area contributed by atoms with E-state index in [0.717, 1.165) is 37.7 Å². The lowest BCUT2D eigenvalue weighted by Gasteiger charge is -2.35. The van der Waals surface area contributed by atoms with Gasteiger partial charge in [0.25, 0.3) is 0 Å². The maximum absolute atomic E-state index is 12.5. The van der Waals surface area contributed by atoms with Crippen molar-refractivity contribution in [1.29, 1.82) is 0 Å². The van der Waals surface area contributed by atoms with Crippen LogP contribution >= 0.6 is 0 Å². The second-order valence-electron chi connectivity index (χ2n) is 6.50. The number of hydrogen-bond acceptors (Lipinski definition) is 4. The van der Waals surface area contributed by atoms with Crippen molar-refractivity contribution < 1.29 is 4.79 Å². The van der Waals surface area contributed by atoms with Gasteiger partial charge in [-0.15, -0.1) is 0 Å². The third-order valence-electron chi connectivity index (χ3n) is 4.73. The van der Waals surface area contributed by atoms with Crippen LogP contribution in [0.5, 0.6) is 0 Å². The third kappa shape index (κ3) is 4.29. The number of rotatable bonds is 5. The fourth-order valence-electron chi connectivity index (χ4n) is 3.27. The zero-order chi connectivity index (χ0) is 17.6. The van der Waals surface area contributed by atoms with Crippen LogP contribution in [-0.4, -0.2) is 48.5 Å². The van der Waals surface area contributed by atoms with Gasteiger partial charge in [-0.1, -0.05) is 24.3 Å². The molecule has 1 fully saturated rings. The summed E-state index contributed by atoms with van der Waals surface area (Å²) >= 11 is 0. The molecule has 0 spiro atoms. The average molecular weight is 338 g/mol. The number of amides is 1. The summed E-state index contributed by atoms with van der Waals surface area (Å²) in [6, 6.07) is 12.2. The number of hydrogen-bond donors (Lipinski definition) is 1. The number of benzene rings is 1. The van der Waals surface area contributed by atoms with Crippen LogP contribution < -0.4 is 10.2 Å². The van der Waals surface area contributed by atoms with Crippen molar-refractivity contribution in [1.82, 2.24) is 9.88 Å². The van der Waals surface area contributed by atoms with Crippen LogP contribution in [0, 0.1) is 13.8 Å². The SMILES string of the molecule is Cc1cccc(C)c1NCCC(=O)N1CCN(c2ccccn2)CC1. The van der Waals surface area contributed by atoms with Crippen LogP contribution in [0.25, 0.3) is 0 Å². The first kappa shape index (κ1) is 17.3. The van der Waals surface area contributed by atoms with Gasteiger partial charge in [-0.25, -0.2) is 4.98 Å². The first-order chi connectivity index (χ1) is 12.1. The van der Waals surface area contributed by atoms with E-state index in [2.05, 4.69) is 47.2 Å². The maximum Gasteiger partial charge on any atom is 0.224 e. The molecule has 0 bridgehead atoms. The molecule has 1 saturated heterocycles. The first-order valence-corrected chi connectivity index (χ1v) is 8.89. The summed E-state index contributed by atoms with van der Waals surface area (Å²) in [5.74, 6) is 1.21. The molecule has 3 rings (SSSR count). The largest absolute Gasteiger partial charge is 0.384 e. The number of aryl methyl sites for hydroxylation is 2. The molecule has 5 nitrogen and oxygen atoms in total. The molecule has 1 aromatic heterocycles. The Bertz CT molecular complexity index is 689. The van der Waals surface area contributed by atoms with Gasteiger partial charge in [-0.3, -0.25) is 4.79 Å². The summed E-state index contributed by atoms with van der Waals surface area (Å²) < 4.78 is 0. The summed E-state index contributed by atoms with van der Waals surface area (Å²) in [7, 11) is 0. The summed E-state index contributed by atoms with van der Waals surface area (Å²) in [4.78, 5) is 21.0. The monoisotopic (exact) mass is 338 g/mol. The van der Waals surface area contributed by atoms with E-state index in [9.17, 15) is 4.79 Å². The zero-order valence-corrected chi connectivity index (χ0v) is 15.0. The predicted molar refractivity (Wildman–Crippen MR) is 102 cm³/mol. The van der Waals surface area contributed by atoms with Crippen molar-refractivity contribution in [2.75, 3.05) is 42.9 Å². The smallest absolute Gasteiger partial charge is 0.224 e. The molecule has 25 heavy (non-hydrogen) atoms. The summed E-state index contributed by atoms with van der Waals surface area (Å²) in [5.41, 5.74) is 3.59. The van der Waals surface area contributed by atoms with E-state index in [1.807, 2.05) is 29.3 Å². The van der Waals surface area contributed by atoms with Gasteiger partial charge in [0, 0.05) is 51.0 Å². The second-order valence-corrected chi connectivity index (χ2v) is 6.50. The number of nitrogens with one attached hydrogen (secondary N) is 1. The van der Waals surface area contributed by atoms with Crippen LogP contribution in [0.15, 0.2) is 42.6 Å². The van der Waals surface area contributed by atoms with Crippen LogP contribution in [0.1, 0.15) is 17.5 Å². The van der Waals surface area contributed by atoms with Crippen molar-refractivity contribution in [3.8, 4) is 0 Å². The van der Waals surface area contributed by atoms with Gasteiger partial charge in [-0.05, 0) is 37.1 Å². The van der Waals surface area contributed by atoms with Crippen LogP contribution in [0.3, 0.4) is 0 Å². The Labute approximate surface area is 149 Å². The van der Waals surface area contributed by atoms with Gasteiger partial charge < -0.3 is 15.1 Å². The fourth-order valence-corrected chi connectivity index (χ4v) is 3.27. The molecule has 0 saturated carbocycles. The van der Waals surface area contributed by atoms with Crippen LogP contribution in [0.4, 0.5) is 11.5 Å². The van der Waals surface area contributed by atoms with Crippen LogP contribution in [-0.2, 0) is 4.79 Å². The molecule has 2 aromatic rings. The Morgan fingerprint density at radius 1 is 1.04 bits per heavy atom. The highest BCUT2D eigenvalue weighted by Crippen LogP contribution is 2.19. The maximum atomic E-state index is 12.5. The number of nitrogens with zero attached hydrogens (tertiary/aromatic N) is 3. The molecule has 0 aliphatic carbocycles. The molecule has 132 valence electrons. The van der Waals surface area contributed by atoms with Crippen LogP contribution in [0.2, 0.25) is 0 Å². The third-order valence-corrected chi connectivity index (χ3v) is 4.73.